The number of ketones is 1. The minimum Gasteiger partial charge on any atom is -0.381 e. The molecule has 2 atom stereocenters. The van der Waals surface area contributed by atoms with Gasteiger partial charge in [-0.3, -0.25) is 4.79 Å². The van der Waals surface area contributed by atoms with Crippen molar-refractivity contribution in [3.8, 4) is 0 Å². The third-order valence-electron chi connectivity index (χ3n) is 3.83. The van der Waals surface area contributed by atoms with Crippen molar-refractivity contribution in [3.05, 3.63) is 28.2 Å². The minimum absolute atomic E-state index is 0.0957. The lowest BCUT2D eigenvalue weighted by molar-refractivity contribution is 0.0721. The largest absolute Gasteiger partial charge is 0.381 e. The highest BCUT2D eigenvalue weighted by atomic mass is 79.9. The molecule has 0 aliphatic carbocycles. The number of hydrogen-bond acceptors (Lipinski definition) is 3. The van der Waals surface area contributed by atoms with Crippen LogP contribution in [0.5, 0.6) is 0 Å². The number of rotatable bonds is 3. The molecule has 1 aliphatic rings. The Bertz CT molecular complexity index is 475. The van der Waals surface area contributed by atoms with E-state index in [1.807, 2.05) is 18.2 Å². The van der Waals surface area contributed by atoms with Gasteiger partial charge in [0.1, 0.15) is 0 Å². The molecule has 0 saturated carbocycles. The Kier molecular flexibility index (Phi) is 4.63. The lowest BCUT2D eigenvalue weighted by Crippen LogP contribution is -2.43. The van der Waals surface area contributed by atoms with Crippen molar-refractivity contribution in [2.24, 2.45) is 0 Å². The molecule has 0 N–H and O–H groups in total. The first-order valence-electron chi connectivity index (χ1n) is 6.63. The number of methoxy groups -OCH3 is 1. The van der Waals surface area contributed by atoms with E-state index in [4.69, 9.17) is 4.74 Å². The molecule has 0 aromatic heterocycles. The SMILES string of the molecule is COC1CCN(c2ccc(C(C)=O)cc2Br)C(C)C1. The van der Waals surface area contributed by atoms with Gasteiger partial charge in [0.15, 0.2) is 5.78 Å². The van der Waals surface area contributed by atoms with Gasteiger partial charge in [-0.2, -0.15) is 0 Å². The fraction of sp³-hybridized carbons (Fsp3) is 0.533. The maximum absolute atomic E-state index is 11.4. The molecule has 1 aromatic rings. The Balaban J connectivity index is 2.20. The number of carbonyl (C=O) groups excluding carboxylic acids is 1. The van der Waals surface area contributed by atoms with Gasteiger partial charge in [-0.15, -0.1) is 0 Å². The van der Waals surface area contributed by atoms with Crippen LogP contribution in [0.1, 0.15) is 37.0 Å². The Morgan fingerprint density at radius 3 is 2.74 bits per heavy atom. The molecule has 2 rings (SSSR count). The number of halogens is 1. The van der Waals surface area contributed by atoms with Crippen LogP contribution >= 0.6 is 15.9 Å². The van der Waals surface area contributed by atoms with Crippen LogP contribution in [0.25, 0.3) is 0 Å². The topological polar surface area (TPSA) is 29.5 Å². The van der Waals surface area contributed by atoms with Crippen molar-refractivity contribution in [2.45, 2.75) is 38.8 Å². The molecule has 19 heavy (non-hydrogen) atoms. The van der Waals surface area contributed by atoms with E-state index >= 15 is 0 Å². The standard InChI is InChI=1S/C15H20BrNO2/c1-10-8-13(19-3)6-7-17(10)15-5-4-12(11(2)18)9-14(15)16/h4-5,9-10,13H,6-8H2,1-3H3. The van der Waals surface area contributed by atoms with Crippen LogP contribution in [0.15, 0.2) is 22.7 Å². The molecular formula is C15H20BrNO2. The van der Waals surface area contributed by atoms with Crippen LogP contribution < -0.4 is 4.90 Å². The van der Waals surface area contributed by atoms with E-state index in [0.29, 0.717) is 12.1 Å². The molecule has 104 valence electrons. The van der Waals surface area contributed by atoms with E-state index in [2.05, 4.69) is 27.8 Å². The van der Waals surface area contributed by atoms with Crippen LogP contribution in [-0.2, 0) is 4.74 Å². The van der Waals surface area contributed by atoms with Crippen molar-refractivity contribution in [2.75, 3.05) is 18.6 Å². The molecule has 1 heterocycles. The molecule has 0 spiro atoms. The van der Waals surface area contributed by atoms with Crippen molar-refractivity contribution < 1.29 is 9.53 Å². The third kappa shape index (κ3) is 3.18. The summed E-state index contributed by atoms with van der Waals surface area (Å²) in [5, 5.41) is 0. The summed E-state index contributed by atoms with van der Waals surface area (Å²) >= 11 is 3.59. The van der Waals surface area contributed by atoms with Gasteiger partial charge in [0.05, 0.1) is 11.8 Å². The monoisotopic (exact) mass is 325 g/mol. The van der Waals surface area contributed by atoms with Gasteiger partial charge in [0.25, 0.3) is 0 Å². The van der Waals surface area contributed by atoms with Crippen LogP contribution in [-0.4, -0.2) is 31.6 Å². The number of piperidine rings is 1. The smallest absolute Gasteiger partial charge is 0.159 e. The highest BCUT2D eigenvalue weighted by Crippen LogP contribution is 2.32. The summed E-state index contributed by atoms with van der Waals surface area (Å²) in [4.78, 5) is 13.8. The van der Waals surface area contributed by atoms with Crippen molar-refractivity contribution in [1.29, 1.82) is 0 Å². The second kappa shape index (κ2) is 6.06. The molecule has 1 saturated heterocycles. The summed E-state index contributed by atoms with van der Waals surface area (Å²) in [6.45, 7) is 4.79. The van der Waals surface area contributed by atoms with Crippen LogP contribution in [0.4, 0.5) is 5.69 Å². The predicted octanol–water partition coefficient (Wildman–Crippen LogP) is 3.66. The summed E-state index contributed by atoms with van der Waals surface area (Å²) in [7, 11) is 1.78. The maximum Gasteiger partial charge on any atom is 0.159 e. The highest BCUT2D eigenvalue weighted by molar-refractivity contribution is 9.10. The lowest BCUT2D eigenvalue weighted by Gasteiger charge is -2.39. The number of Topliss-reactive ketones (excluding diaryl/α,β-unsaturated/α-hetero) is 1. The van der Waals surface area contributed by atoms with Crippen LogP contribution in [0.3, 0.4) is 0 Å². The second-order valence-electron chi connectivity index (χ2n) is 5.15. The zero-order valence-corrected chi connectivity index (χ0v) is 13.2. The number of hydrogen-bond donors (Lipinski definition) is 0. The maximum atomic E-state index is 11.4. The lowest BCUT2D eigenvalue weighted by atomic mass is 9.99. The summed E-state index contributed by atoms with van der Waals surface area (Å²) in [6.07, 6.45) is 2.44. The van der Waals surface area contributed by atoms with Crippen molar-refractivity contribution in [3.63, 3.8) is 0 Å². The molecular weight excluding hydrogens is 306 g/mol. The van der Waals surface area contributed by atoms with Gasteiger partial charge in [-0.25, -0.2) is 0 Å². The van der Waals surface area contributed by atoms with Gasteiger partial charge in [0.2, 0.25) is 0 Å². The van der Waals surface area contributed by atoms with E-state index in [0.717, 1.165) is 35.1 Å². The Morgan fingerprint density at radius 1 is 1.47 bits per heavy atom. The molecule has 1 fully saturated rings. The normalized spacial score (nSPS) is 23.5. The molecule has 0 bridgehead atoms. The average Bonchev–Trinajstić information content (AvgIpc) is 2.39. The molecule has 0 amide bonds. The number of benzene rings is 1. The summed E-state index contributed by atoms with van der Waals surface area (Å²) < 4.78 is 6.43. The molecule has 1 aromatic carbocycles. The second-order valence-corrected chi connectivity index (χ2v) is 6.00. The van der Waals surface area contributed by atoms with Gasteiger partial charge in [-0.1, -0.05) is 0 Å². The highest BCUT2D eigenvalue weighted by Gasteiger charge is 2.26. The fourth-order valence-electron chi connectivity index (χ4n) is 2.66. The zero-order valence-electron chi connectivity index (χ0n) is 11.6. The summed E-state index contributed by atoms with van der Waals surface area (Å²) in [6, 6.07) is 6.28. The van der Waals surface area contributed by atoms with Gasteiger partial charge < -0.3 is 9.64 Å². The molecule has 4 heteroatoms. The molecule has 3 nitrogen and oxygen atoms in total. The quantitative estimate of drug-likeness (QED) is 0.794. The molecule has 2 unspecified atom stereocenters. The Labute approximate surface area is 123 Å². The molecule has 0 radical (unpaired) electrons. The van der Waals surface area contributed by atoms with Crippen molar-refractivity contribution in [1.82, 2.24) is 0 Å². The number of nitrogens with zero attached hydrogens (tertiary/aromatic N) is 1. The van der Waals surface area contributed by atoms with Crippen molar-refractivity contribution >= 4 is 27.4 Å². The first-order valence-corrected chi connectivity index (χ1v) is 7.42. The number of ether oxygens (including phenoxy) is 1. The van der Waals surface area contributed by atoms with Crippen LogP contribution in [0.2, 0.25) is 0 Å². The average molecular weight is 326 g/mol. The van der Waals surface area contributed by atoms with Gasteiger partial charge in [0, 0.05) is 29.7 Å². The fourth-order valence-corrected chi connectivity index (χ4v) is 3.27. The van der Waals surface area contributed by atoms with Gasteiger partial charge >= 0.3 is 0 Å². The minimum atomic E-state index is 0.0957. The first-order chi connectivity index (χ1) is 9.02. The van der Waals surface area contributed by atoms with E-state index in [-0.39, 0.29) is 5.78 Å². The van der Waals surface area contributed by atoms with Gasteiger partial charge in [-0.05, 0) is 60.8 Å². The van der Waals surface area contributed by atoms with E-state index in [1.165, 1.54) is 0 Å². The first kappa shape index (κ1) is 14.5. The van der Waals surface area contributed by atoms with E-state index in [1.54, 1.807) is 14.0 Å². The third-order valence-corrected chi connectivity index (χ3v) is 4.46. The van der Waals surface area contributed by atoms with Crippen LogP contribution in [0, 0.1) is 0 Å². The van der Waals surface area contributed by atoms with E-state index < -0.39 is 0 Å². The van der Waals surface area contributed by atoms with E-state index in [9.17, 15) is 4.79 Å². The Hall–Kier alpha value is -0.870. The molecule has 1 aliphatic heterocycles. The number of carbonyl (C=O) groups is 1. The summed E-state index contributed by atoms with van der Waals surface area (Å²) in [5.41, 5.74) is 1.90. The Morgan fingerprint density at radius 2 is 2.21 bits per heavy atom. The predicted molar refractivity (Wildman–Crippen MR) is 81.0 cm³/mol. The zero-order chi connectivity index (χ0) is 14.0. The summed E-state index contributed by atoms with van der Waals surface area (Å²) in [5.74, 6) is 0.0957. The number of anilines is 1.